The number of nitrogens with two attached hydrogens (primary N) is 1. The molecule has 4 aromatic rings. The van der Waals surface area contributed by atoms with Gasteiger partial charge in [-0.25, -0.2) is 4.98 Å². The molecule has 4 heterocycles. The molecule has 1 fully saturated rings. The number of rotatable bonds is 5. The lowest BCUT2D eigenvalue weighted by Gasteiger charge is -2.30. The molecule has 0 unspecified atom stereocenters. The zero-order valence-corrected chi connectivity index (χ0v) is 21.3. The number of aromatic nitrogens is 4. The molecular formula is C25H31ClN6O3. The van der Waals surface area contributed by atoms with Crippen LogP contribution >= 0.6 is 12.4 Å². The summed E-state index contributed by atoms with van der Waals surface area (Å²) in [6, 6.07) is 9.62. The van der Waals surface area contributed by atoms with E-state index in [1.54, 1.807) is 20.3 Å². The van der Waals surface area contributed by atoms with Gasteiger partial charge in [0, 0.05) is 49.7 Å². The van der Waals surface area contributed by atoms with Crippen molar-refractivity contribution >= 4 is 40.4 Å². The minimum Gasteiger partial charge on any atom is -0.494 e. The van der Waals surface area contributed by atoms with E-state index in [1.807, 2.05) is 34.7 Å². The fourth-order valence-corrected chi connectivity index (χ4v) is 4.92. The molecule has 0 radical (unpaired) electrons. The van der Waals surface area contributed by atoms with Gasteiger partial charge in [-0.3, -0.25) is 4.79 Å². The van der Waals surface area contributed by atoms with Gasteiger partial charge in [0.15, 0.2) is 5.82 Å². The van der Waals surface area contributed by atoms with Crippen molar-refractivity contribution in [3.63, 3.8) is 0 Å². The lowest BCUT2D eigenvalue weighted by Crippen LogP contribution is -2.45. The molecule has 1 aliphatic heterocycles. The van der Waals surface area contributed by atoms with E-state index in [9.17, 15) is 4.79 Å². The molecule has 5 rings (SSSR count). The summed E-state index contributed by atoms with van der Waals surface area (Å²) in [5.74, 6) is 1.92. The first-order valence-corrected chi connectivity index (χ1v) is 11.6. The van der Waals surface area contributed by atoms with E-state index < -0.39 is 0 Å². The number of aryl methyl sites for hydroxylation is 2. The highest BCUT2D eigenvalue weighted by Crippen LogP contribution is 2.34. The van der Waals surface area contributed by atoms with Crippen LogP contribution in [0.1, 0.15) is 30.1 Å². The molecule has 0 saturated carbocycles. The predicted octanol–water partition coefficient (Wildman–Crippen LogP) is 3.61. The number of benzene rings is 1. The number of methoxy groups -OCH3 is 2. The number of carbonyl (C=O) groups excluding carboxylic acids is 1. The quantitative estimate of drug-likeness (QED) is 0.451. The van der Waals surface area contributed by atoms with Crippen molar-refractivity contribution in [3.05, 3.63) is 35.9 Å². The number of ether oxygens (including phenoxy) is 2. The molecule has 1 aliphatic rings. The van der Waals surface area contributed by atoms with E-state index in [0.717, 1.165) is 47.5 Å². The number of fused-ring (bicyclic) bond motifs is 2. The number of hydrogen-bond acceptors (Lipinski definition) is 6. The maximum absolute atomic E-state index is 13.3. The number of piperidine rings is 1. The summed E-state index contributed by atoms with van der Waals surface area (Å²) in [5, 5.41) is 1.01. The maximum atomic E-state index is 13.3. The highest BCUT2D eigenvalue weighted by atomic mass is 35.5. The Bertz CT molecular complexity index is 1400. The van der Waals surface area contributed by atoms with Gasteiger partial charge in [-0.2, -0.15) is 4.98 Å². The highest BCUT2D eigenvalue weighted by molar-refractivity contribution is 6.00. The van der Waals surface area contributed by atoms with Crippen LogP contribution in [0, 0.1) is 0 Å². The van der Waals surface area contributed by atoms with Gasteiger partial charge in [0.2, 0.25) is 5.88 Å². The van der Waals surface area contributed by atoms with Gasteiger partial charge in [-0.05, 0) is 44.0 Å². The fourth-order valence-electron chi connectivity index (χ4n) is 4.92. The van der Waals surface area contributed by atoms with Gasteiger partial charge in [0.05, 0.1) is 25.4 Å². The lowest BCUT2D eigenvalue weighted by atomic mass is 10.0. The number of amides is 1. The standard InChI is InChI=1S/C25H30N6O3.ClH/c1-5-31-19(12-15-8-9-21(34-4)28-23(15)31)24-27-18-11-16(13-20(33-3)22(18)29(24)2)25(32)30-10-6-7-17(26)14-30;/h8-9,11-13,17H,5-7,10,14,26H2,1-4H3;1H/t17-;/m1./s1. The third kappa shape index (κ3) is 4.19. The van der Waals surface area contributed by atoms with Crippen molar-refractivity contribution in [1.29, 1.82) is 0 Å². The van der Waals surface area contributed by atoms with Crippen LogP contribution in [-0.2, 0) is 13.6 Å². The topological polar surface area (TPSA) is 100 Å². The molecule has 0 bridgehead atoms. The van der Waals surface area contributed by atoms with Crippen molar-refractivity contribution in [2.75, 3.05) is 27.3 Å². The second-order valence-electron chi connectivity index (χ2n) is 8.73. The number of hydrogen-bond donors (Lipinski definition) is 1. The molecule has 10 heteroatoms. The van der Waals surface area contributed by atoms with Crippen molar-refractivity contribution < 1.29 is 14.3 Å². The van der Waals surface area contributed by atoms with Crippen LogP contribution in [0.4, 0.5) is 0 Å². The molecule has 1 saturated heterocycles. The molecule has 186 valence electrons. The van der Waals surface area contributed by atoms with Crippen molar-refractivity contribution in [1.82, 2.24) is 24.0 Å². The third-order valence-corrected chi connectivity index (χ3v) is 6.62. The van der Waals surface area contributed by atoms with Gasteiger partial charge >= 0.3 is 0 Å². The first-order chi connectivity index (χ1) is 16.4. The van der Waals surface area contributed by atoms with Crippen molar-refractivity contribution in [2.45, 2.75) is 32.4 Å². The smallest absolute Gasteiger partial charge is 0.254 e. The summed E-state index contributed by atoms with van der Waals surface area (Å²) in [5.41, 5.74) is 9.99. The Morgan fingerprint density at radius 1 is 1.17 bits per heavy atom. The number of nitrogens with zero attached hydrogens (tertiary/aromatic N) is 5. The van der Waals surface area contributed by atoms with Crippen LogP contribution < -0.4 is 15.2 Å². The SMILES string of the molecule is CCn1c(-c2nc3cc(C(=O)N4CCC[C@@H](N)C4)cc(OC)c3n2C)cc2ccc(OC)nc21.Cl. The van der Waals surface area contributed by atoms with Gasteiger partial charge < -0.3 is 29.2 Å². The summed E-state index contributed by atoms with van der Waals surface area (Å²) < 4.78 is 15.2. The Balaban J connectivity index is 0.00000289. The van der Waals surface area contributed by atoms with Gasteiger partial charge in [0.25, 0.3) is 5.91 Å². The summed E-state index contributed by atoms with van der Waals surface area (Å²) in [6.45, 7) is 4.08. The molecule has 3 aromatic heterocycles. The van der Waals surface area contributed by atoms with Crippen molar-refractivity contribution in [3.8, 4) is 23.1 Å². The average Bonchev–Trinajstić information content (AvgIpc) is 3.39. The number of pyridine rings is 1. The molecule has 0 aliphatic carbocycles. The Labute approximate surface area is 210 Å². The first kappa shape index (κ1) is 24.8. The van der Waals surface area contributed by atoms with Crippen LogP contribution in [-0.4, -0.2) is 63.3 Å². The monoisotopic (exact) mass is 498 g/mol. The third-order valence-electron chi connectivity index (χ3n) is 6.62. The Hall–Kier alpha value is -3.30. The minimum absolute atomic E-state index is 0. The number of imidazole rings is 1. The van der Waals surface area contributed by atoms with Crippen LogP contribution in [0.2, 0.25) is 0 Å². The zero-order valence-electron chi connectivity index (χ0n) is 20.4. The molecule has 1 aromatic carbocycles. The van der Waals surface area contributed by atoms with Crippen LogP contribution in [0.15, 0.2) is 30.3 Å². The van der Waals surface area contributed by atoms with E-state index in [1.165, 1.54) is 0 Å². The Morgan fingerprint density at radius 2 is 1.97 bits per heavy atom. The fraction of sp³-hybridized carbons (Fsp3) is 0.400. The summed E-state index contributed by atoms with van der Waals surface area (Å²) in [7, 11) is 5.19. The molecular weight excluding hydrogens is 468 g/mol. The van der Waals surface area contributed by atoms with Crippen molar-refractivity contribution in [2.24, 2.45) is 12.8 Å². The average molecular weight is 499 g/mol. The first-order valence-electron chi connectivity index (χ1n) is 11.6. The largest absolute Gasteiger partial charge is 0.494 e. The van der Waals surface area contributed by atoms with Gasteiger partial charge in [-0.15, -0.1) is 12.4 Å². The molecule has 2 N–H and O–H groups in total. The molecule has 9 nitrogen and oxygen atoms in total. The van der Waals surface area contributed by atoms with Crippen LogP contribution in [0.25, 0.3) is 33.6 Å². The van der Waals surface area contributed by atoms with E-state index in [4.69, 9.17) is 20.2 Å². The number of likely N-dealkylation sites (tertiary alicyclic amines) is 1. The number of carbonyl (C=O) groups is 1. The van der Waals surface area contributed by atoms with Crippen LogP contribution in [0.5, 0.6) is 11.6 Å². The summed E-state index contributed by atoms with van der Waals surface area (Å²) in [6.07, 6.45) is 1.86. The van der Waals surface area contributed by atoms with Crippen LogP contribution in [0.3, 0.4) is 0 Å². The second kappa shape index (κ2) is 9.75. The van der Waals surface area contributed by atoms with Gasteiger partial charge in [-0.1, -0.05) is 0 Å². The number of halogens is 1. The zero-order chi connectivity index (χ0) is 24.0. The predicted molar refractivity (Wildman–Crippen MR) is 139 cm³/mol. The lowest BCUT2D eigenvalue weighted by molar-refractivity contribution is 0.0708. The molecule has 1 atom stereocenters. The Morgan fingerprint density at radius 3 is 2.66 bits per heavy atom. The summed E-state index contributed by atoms with van der Waals surface area (Å²) >= 11 is 0. The highest BCUT2D eigenvalue weighted by Gasteiger charge is 2.25. The molecule has 35 heavy (non-hydrogen) atoms. The van der Waals surface area contributed by atoms with E-state index in [0.29, 0.717) is 35.8 Å². The molecule has 0 spiro atoms. The van der Waals surface area contributed by atoms with E-state index in [2.05, 4.69) is 22.5 Å². The van der Waals surface area contributed by atoms with E-state index in [-0.39, 0.29) is 24.4 Å². The molecule has 1 amide bonds. The Kier molecular flexibility index (Phi) is 6.91. The summed E-state index contributed by atoms with van der Waals surface area (Å²) in [4.78, 5) is 24.7. The second-order valence-corrected chi connectivity index (χ2v) is 8.73. The van der Waals surface area contributed by atoms with Gasteiger partial charge in [0.1, 0.15) is 16.9 Å². The van der Waals surface area contributed by atoms with E-state index >= 15 is 0 Å². The minimum atomic E-state index is -0.0403. The normalized spacial score (nSPS) is 15.9. The maximum Gasteiger partial charge on any atom is 0.254 e.